The van der Waals surface area contributed by atoms with Crippen molar-refractivity contribution in [2.75, 3.05) is 23.3 Å². The van der Waals surface area contributed by atoms with Gasteiger partial charge in [0.25, 0.3) is 5.91 Å². The number of morpholine rings is 1. The molecule has 1 saturated heterocycles. The van der Waals surface area contributed by atoms with Gasteiger partial charge in [0.2, 0.25) is 0 Å². The Bertz CT molecular complexity index is 1020. The Kier molecular flexibility index (Phi) is 5.45. The number of amides is 1. The summed E-state index contributed by atoms with van der Waals surface area (Å²) in [5.74, 6) is -1.24. The van der Waals surface area contributed by atoms with Crippen molar-refractivity contribution in [3.8, 4) is 5.69 Å². The first kappa shape index (κ1) is 20.0. The number of aromatic nitrogens is 3. The molecule has 0 bridgehead atoms. The third-order valence-electron chi connectivity index (χ3n) is 4.74. The van der Waals surface area contributed by atoms with Crippen LogP contribution in [-0.2, 0) is 4.74 Å². The molecule has 1 aromatic carbocycles. The van der Waals surface area contributed by atoms with Crippen LogP contribution in [0, 0.1) is 11.6 Å². The molecule has 2 unspecified atom stereocenters. The number of pyridine rings is 1. The molecule has 0 spiro atoms. The van der Waals surface area contributed by atoms with E-state index in [1.165, 1.54) is 18.3 Å². The summed E-state index contributed by atoms with van der Waals surface area (Å²) in [7, 11) is 0. The number of para-hydroxylation sites is 1. The lowest BCUT2D eigenvalue weighted by atomic mass is 10.2. The zero-order chi connectivity index (χ0) is 21.3. The number of carbonyl (C=O) groups is 1. The van der Waals surface area contributed by atoms with Gasteiger partial charge in [0.15, 0.2) is 17.3 Å². The molecule has 3 heterocycles. The largest absolute Gasteiger partial charge is 0.372 e. The van der Waals surface area contributed by atoms with Gasteiger partial charge in [0, 0.05) is 19.3 Å². The molecule has 1 aliphatic heterocycles. The second kappa shape index (κ2) is 8.19. The van der Waals surface area contributed by atoms with Gasteiger partial charge < -0.3 is 15.0 Å². The van der Waals surface area contributed by atoms with Gasteiger partial charge in [0.05, 0.1) is 24.1 Å². The molecule has 0 aliphatic carbocycles. The van der Waals surface area contributed by atoms with E-state index in [1.54, 1.807) is 12.3 Å². The molecule has 1 amide bonds. The Morgan fingerprint density at radius 3 is 2.43 bits per heavy atom. The summed E-state index contributed by atoms with van der Waals surface area (Å²) in [6, 6.07) is 8.48. The molecule has 3 aromatic rings. The highest BCUT2D eigenvalue weighted by atomic mass is 19.1. The minimum Gasteiger partial charge on any atom is -0.372 e. The summed E-state index contributed by atoms with van der Waals surface area (Å²) in [4.78, 5) is 19.0. The molecule has 9 heteroatoms. The average Bonchev–Trinajstić information content (AvgIpc) is 3.17. The molecule has 2 atom stereocenters. The van der Waals surface area contributed by atoms with Crippen LogP contribution in [0.2, 0.25) is 0 Å². The maximum Gasteiger partial charge on any atom is 0.276 e. The maximum absolute atomic E-state index is 13.9. The lowest BCUT2D eigenvalue weighted by Crippen LogP contribution is -2.45. The highest BCUT2D eigenvalue weighted by Crippen LogP contribution is 2.20. The molecule has 7 nitrogen and oxygen atoms in total. The summed E-state index contributed by atoms with van der Waals surface area (Å²) >= 11 is 0. The van der Waals surface area contributed by atoms with E-state index in [-0.39, 0.29) is 23.6 Å². The number of benzene rings is 1. The van der Waals surface area contributed by atoms with Crippen molar-refractivity contribution in [2.24, 2.45) is 0 Å². The van der Waals surface area contributed by atoms with E-state index in [1.807, 2.05) is 19.9 Å². The van der Waals surface area contributed by atoms with Crippen molar-refractivity contribution in [3.05, 3.63) is 66.1 Å². The van der Waals surface area contributed by atoms with Gasteiger partial charge in [-0.25, -0.2) is 18.4 Å². The number of anilines is 2. The molecule has 30 heavy (non-hydrogen) atoms. The summed E-state index contributed by atoms with van der Waals surface area (Å²) in [6.45, 7) is 5.52. The highest BCUT2D eigenvalue weighted by molar-refractivity contribution is 6.02. The van der Waals surface area contributed by atoms with Gasteiger partial charge in [-0.1, -0.05) is 6.07 Å². The van der Waals surface area contributed by atoms with Gasteiger partial charge in [-0.3, -0.25) is 4.79 Å². The van der Waals surface area contributed by atoms with Crippen LogP contribution in [0.4, 0.5) is 20.3 Å². The molecule has 1 fully saturated rings. The van der Waals surface area contributed by atoms with Gasteiger partial charge in [0.1, 0.15) is 11.5 Å². The van der Waals surface area contributed by atoms with E-state index in [4.69, 9.17) is 4.74 Å². The predicted molar refractivity (Wildman–Crippen MR) is 108 cm³/mol. The number of nitrogens with zero attached hydrogens (tertiary/aromatic N) is 4. The third-order valence-corrected chi connectivity index (χ3v) is 4.74. The van der Waals surface area contributed by atoms with Crippen LogP contribution < -0.4 is 10.2 Å². The molecule has 156 valence electrons. The van der Waals surface area contributed by atoms with Crippen molar-refractivity contribution in [1.82, 2.24) is 14.8 Å². The van der Waals surface area contributed by atoms with E-state index in [9.17, 15) is 13.6 Å². The molecule has 1 aliphatic rings. The zero-order valence-corrected chi connectivity index (χ0v) is 16.5. The summed E-state index contributed by atoms with van der Waals surface area (Å²) in [5.41, 5.74) is 0.179. The second-order valence-corrected chi connectivity index (χ2v) is 7.24. The van der Waals surface area contributed by atoms with Crippen LogP contribution in [0.15, 0.2) is 48.8 Å². The molecule has 4 rings (SSSR count). The Balaban J connectivity index is 1.45. The molecule has 0 saturated carbocycles. The van der Waals surface area contributed by atoms with E-state index >= 15 is 0 Å². The van der Waals surface area contributed by atoms with Crippen LogP contribution in [-0.4, -0.2) is 46.0 Å². The Morgan fingerprint density at radius 2 is 1.80 bits per heavy atom. The quantitative estimate of drug-likeness (QED) is 0.710. The number of ether oxygens (including phenoxy) is 1. The van der Waals surface area contributed by atoms with E-state index in [0.717, 1.165) is 35.7 Å². The molecular weight excluding hydrogens is 392 g/mol. The minimum absolute atomic E-state index is 0.0255. The standard InChI is InChI=1S/C21H21F2N5O2/c1-13-11-27(12-14(2)30-13)19-7-6-15(10-24-19)25-21(29)18-8-9-28(26-18)20-16(22)4-3-5-17(20)23/h3-10,13-14H,11-12H2,1-2H3,(H,25,29). The number of hydrogen-bond donors (Lipinski definition) is 1. The monoisotopic (exact) mass is 413 g/mol. The lowest BCUT2D eigenvalue weighted by Gasteiger charge is -2.36. The summed E-state index contributed by atoms with van der Waals surface area (Å²) in [6.07, 6.45) is 3.12. The molecule has 1 N–H and O–H groups in total. The Morgan fingerprint density at radius 1 is 1.10 bits per heavy atom. The maximum atomic E-state index is 13.9. The van der Waals surface area contributed by atoms with Gasteiger partial charge in [-0.2, -0.15) is 5.10 Å². The first-order chi connectivity index (χ1) is 14.4. The fourth-order valence-corrected chi connectivity index (χ4v) is 3.48. The smallest absolute Gasteiger partial charge is 0.276 e. The molecule has 2 aromatic heterocycles. The average molecular weight is 413 g/mol. The number of halogens is 2. The minimum atomic E-state index is -0.767. The lowest BCUT2D eigenvalue weighted by molar-refractivity contribution is -0.00545. The first-order valence-corrected chi connectivity index (χ1v) is 9.58. The van der Waals surface area contributed by atoms with Crippen molar-refractivity contribution in [2.45, 2.75) is 26.1 Å². The van der Waals surface area contributed by atoms with Gasteiger partial charge in [-0.05, 0) is 44.2 Å². The molecular formula is C21H21F2N5O2. The fraction of sp³-hybridized carbons (Fsp3) is 0.286. The number of nitrogens with one attached hydrogen (secondary N) is 1. The van der Waals surface area contributed by atoms with E-state index in [2.05, 4.69) is 20.3 Å². The topological polar surface area (TPSA) is 72.3 Å². The predicted octanol–water partition coefficient (Wildman–Crippen LogP) is 3.41. The van der Waals surface area contributed by atoms with E-state index in [0.29, 0.717) is 5.69 Å². The fourth-order valence-electron chi connectivity index (χ4n) is 3.48. The summed E-state index contributed by atoms with van der Waals surface area (Å²) in [5, 5.41) is 6.68. The van der Waals surface area contributed by atoms with Crippen LogP contribution >= 0.6 is 0 Å². The third kappa shape index (κ3) is 4.16. The normalized spacial score (nSPS) is 19.0. The molecule has 0 radical (unpaired) electrons. The van der Waals surface area contributed by atoms with E-state index < -0.39 is 17.5 Å². The van der Waals surface area contributed by atoms with Crippen LogP contribution in [0.1, 0.15) is 24.3 Å². The van der Waals surface area contributed by atoms with Crippen LogP contribution in [0.3, 0.4) is 0 Å². The van der Waals surface area contributed by atoms with Gasteiger partial charge >= 0.3 is 0 Å². The van der Waals surface area contributed by atoms with Crippen molar-refractivity contribution in [1.29, 1.82) is 0 Å². The van der Waals surface area contributed by atoms with Crippen LogP contribution in [0.5, 0.6) is 0 Å². The number of carbonyl (C=O) groups excluding carboxylic acids is 1. The zero-order valence-electron chi connectivity index (χ0n) is 16.5. The van der Waals surface area contributed by atoms with Crippen LogP contribution in [0.25, 0.3) is 5.69 Å². The Hall–Kier alpha value is -3.33. The second-order valence-electron chi connectivity index (χ2n) is 7.24. The number of hydrogen-bond acceptors (Lipinski definition) is 5. The first-order valence-electron chi connectivity index (χ1n) is 9.58. The highest BCUT2D eigenvalue weighted by Gasteiger charge is 2.23. The summed E-state index contributed by atoms with van der Waals surface area (Å²) < 4.78 is 34.6. The van der Waals surface area contributed by atoms with Gasteiger partial charge in [-0.15, -0.1) is 0 Å². The SMILES string of the molecule is CC1CN(c2ccc(NC(=O)c3ccn(-c4c(F)cccc4F)n3)cn2)CC(C)O1. The Labute approximate surface area is 172 Å². The van der Waals surface area contributed by atoms with Crippen molar-refractivity contribution in [3.63, 3.8) is 0 Å². The van der Waals surface area contributed by atoms with Crippen molar-refractivity contribution >= 4 is 17.4 Å². The number of rotatable bonds is 4. The van der Waals surface area contributed by atoms with Crippen molar-refractivity contribution < 1.29 is 18.3 Å².